The number of rotatable bonds is 4. The zero-order valence-electron chi connectivity index (χ0n) is 12.9. The summed E-state index contributed by atoms with van der Waals surface area (Å²) < 4.78 is 0. The first-order chi connectivity index (χ1) is 9.91. The van der Waals surface area contributed by atoms with Gasteiger partial charge in [-0.1, -0.05) is 18.2 Å². The van der Waals surface area contributed by atoms with Crippen LogP contribution in [0.5, 0.6) is 0 Å². The number of amides is 2. The maximum absolute atomic E-state index is 12.0. The molecule has 2 rings (SSSR count). The molecule has 5 heteroatoms. The van der Waals surface area contributed by atoms with E-state index >= 15 is 0 Å². The second-order valence-electron chi connectivity index (χ2n) is 5.86. The molecule has 0 bridgehead atoms. The van der Waals surface area contributed by atoms with E-state index in [4.69, 9.17) is 0 Å². The van der Waals surface area contributed by atoms with Gasteiger partial charge in [0, 0.05) is 12.3 Å². The number of urea groups is 1. The van der Waals surface area contributed by atoms with Crippen LogP contribution in [0.3, 0.4) is 0 Å². The molecular formula is C16H24N2O2S. The van der Waals surface area contributed by atoms with E-state index in [2.05, 4.69) is 30.5 Å². The summed E-state index contributed by atoms with van der Waals surface area (Å²) in [7, 11) is 0. The van der Waals surface area contributed by atoms with Crippen LogP contribution in [0.2, 0.25) is 0 Å². The highest BCUT2D eigenvalue weighted by Crippen LogP contribution is 2.27. The standard InChI is InChI=1S/C16H24N2O2S/c1-11-5-4-6-14(12(11)2)13(3)18-15(19)17-9-16(20)7-8-21-10-16/h4-6,13,20H,7-10H2,1-3H3,(H2,17,18,19)/t13-,16+/m1/s1. The largest absolute Gasteiger partial charge is 0.387 e. The van der Waals surface area contributed by atoms with E-state index in [0.717, 1.165) is 17.7 Å². The number of hydrogen-bond donors (Lipinski definition) is 3. The molecule has 2 amide bonds. The summed E-state index contributed by atoms with van der Waals surface area (Å²) >= 11 is 1.73. The number of nitrogens with one attached hydrogen (secondary N) is 2. The minimum atomic E-state index is -0.746. The van der Waals surface area contributed by atoms with Crippen LogP contribution < -0.4 is 10.6 Å². The Morgan fingerprint density at radius 1 is 1.48 bits per heavy atom. The normalized spacial score (nSPS) is 22.9. The van der Waals surface area contributed by atoms with Crippen molar-refractivity contribution in [3.8, 4) is 0 Å². The van der Waals surface area contributed by atoms with Crippen LogP contribution in [0.4, 0.5) is 4.79 Å². The fraction of sp³-hybridized carbons (Fsp3) is 0.562. The molecular weight excluding hydrogens is 284 g/mol. The topological polar surface area (TPSA) is 61.4 Å². The molecule has 1 aromatic rings. The van der Waals surface area contributed by atoms with Crippen LogP contribution in [-0.4, -0.2) is 34.8 Å². The number of hydrogen-bond acceptors (Lipinski definition) is 3. The molecule has 1 aromatic carbocycles. The summed E-state index contributed by atoms with van der Waals surface area (Å²) in [4.78, 5) is 12.0. The summed E-state index contributed by atoms with van der Waals surface area (Å²) in [5.41, 5.74) is 2.81. The lowest BCUT2D eigenvalue weighted by molar-refractivity contribution is 0.0699. The lowest BCUT2D eigenvalue weighted by Gasteiger charge is -2.23. The lowest BCUT2D eigenvalue weighted by Crippen LogP contribution is -2.47. The molecule has 0 aliphatic carbocycles. The van der Waals surface area contributed by atoms with Crippen LogP contribution in [0, 0.1) is 13.8 Å². The van der Waals surface area contributed by atoms with E-state index in [-0.39, 0.29) is 12.1 Å². The second kappa shape index (κ2) is 6.71. The Hall–Kier alpha value is -1.20. The lowest BCUT2D eigenvalue weighted by atomic mass is 9.98. The average Bonchev–Trinajstić information content (AvgIpc) is 2.87. The van der Waals surface area contributed by atoms with E-state index in [1.54, 1.807) is 11.8 Å². The third kappa shape index (κ3) is 4.14. The Morgan fingerprint density at radius 3 is 2.90 bits per heavy atom. The Bertz CT molecular complexity index is 513. The van der Waals surface area contributed by atoms with Crippen LogP contribution in [-0.2, 0) is 0 Å². The quantitative estimate of drug-likeness (QED) is 0.801. The van der Waals surface area contributed by atoms with Gasteiger partial charge in [-0.2, -0.15) is 11.8 Å². The number of carbonyl (C=O) groups is 1. The minimum absolute atomic E-state index is 0.0579. The summed E-state index contributed by atoms with van der Waals surface area (Å²) in [6, 6.07) is 5.82. The molecule has 1 aliphatic rings. The van der Waals surface area contributed by atoms with Crippen molar-refractivity contribution >= 4 is 17.8 Å². The van der Waals surface area contributed by atoms with Gasteiger partial charge in [0.25, 0.3) is 0 Å². The summed E-state index contributed by atoms with van der Waals surface area (Å²) in [6.07, 6.45) is 0.741. The molecule has 1 saturated heterocycles. The molecule has 0 radical (unpaired) electrons. The first-order valence-electron chi connectivity index (χ1n) is 7.32. The van der Waals surface area contributed by atoms with Gasteiger partial charge in [-0.25, -0.2) is 4.79 Å². The Labute approximate surface area is 130 Å². The SMILES string of the molecule is Cc1cccc([C@@H](C)NC(=O)NC[C@@]2(O)CCSC2)c1C. The van der Waals surface area contributed by atoms with Gasteiger partial charge in [-0.05, 0) is 49.6 Å². The Balaban J connectivity index is 1.88. The molecule has 2 atom stereocenters. The van der Waals surface area contributed by atoms with E-state index in [1.807, 2.05) is 19.1 Å². The van der Waals surface area contributed by atoms with Crippen molar-refractivity contribution in [3.63, 3.8) is 0 Å². The first kappa shape index (κ1) is 16.2. The maximum Gasteiger partial charge on any atom is 0.315 e. The van der Waals surface area contributed by atoms with Crippen molar-refractivity contribution in [2.75, 3.05) is 18.1 Å². The molecule has 116 valence electrons. The van der Waals surface area contributed by atoms with Crippen LogP contribution in [0.25, 0.3) is 0 Å². The summed E-state index contributed by atoms with van der Waals surface area (Å²) in [6.45, 7) is 6.42. The average molecular weight is 308 g/mol. The van der Waals surface area contributed by atoms with Crippen molar-refractivity contribution in [2.24, 2.45) is 0 Å². The highest BCUT2D eigenvalue weighted by Gasteiger charge is 2.32. The van der Waals surface area contributed by atoms with Crippen molar-refractivity contribution in [3.05, 3.63) is 34.9 Å². The van der Waals surface area contributed by atoms with Gasteiger partial charge in [-0.3, -0.25) is 0 Å². The first-order valence-corrected chi connectivity index (χ1v) is 8.47. The van der Waals surface area contributed by atoms with Gasteiger partial charge < -0.3 is 15.7 Å². The van der Waals surface area contributed by atoms with Crippen LogP contribution in [0.1, 0.15) is 36.1 Å². The number of thioether (sulfide) groups is 1. The number of carbonyl (C=O) groups excluding carboxylic acids is 1. The predicted octanol–water partition coefficient (Wildman–Crippen LogP) is 2.53. The minimum Gasteiger partial charge on any atom is -0.387 e. The second-order valence-corrected chi connectivity index (χ2v) is 6.97. The molecule has 0 unspecified atom stereocenters. The van der Waals surface area contributed by atoms with Crippen LogP contribution >= 0.6 is 11.8 Å². The molecule has 1 fully saturated rings. The maximum atomic E-state index is 12.0. The van der Waals surface area contributed by atoms with E-state index in [9.17, 15) is 9.90 Å². The smallest absolute Gasteiger partial charge is 0.315 e. The van der Waals surface area contributed by atoms with Crippen molar-refractivity contribution in [2.45, 2.75) is 38.8 Å². The van der Waals surface area contributed by atoms with Gasteiger partial charge in [0.2, 0.25) is 0 Å². The zero-order chi connectivity index (χ0) is 15.5. The predicted molar refractivity (Wildman–Crippen MR) is 87.8 cm³/mol. The summed E-state index contributed by atoms with van der Waals surface area (Å²) in [5.74, 6) is 1.65. The van der Waals surface area contributed by atoms with Gasteiger partial charge in [0.1, 0.15) is 0 Å². The fourth-order valence-electron chi connectivity index (χ4n) is 2.55. The van der Waals surface area contributed by atoms with Crippen molar-refractivity contribution in [1.29, 1.82) is 0 Å². The van der Waals surface area contributed by atoms with Gasteiger partial charge in [0.05, 0.1) is 11.6 Å². The number of aryl methyl sites for hydroxylation is 1. The Morgan fingerprint density at radius 2 is 2.24 bits per heavy atom. The molecule has 1 aliphatic heterocycles. The van der Waals surface area contributed by atoms with Gasteiger partial charge in [-0.15, -0.1) is 0 Å². The highest BCUT2D eigenvalue weighted by atomic mass is 32.2. The molecule has 0 saturated carbocycles. The highest BCUT2D eigenvalue weighted by molar-refractivity contribution is 7.99. The zero-order valence-corrected chi connectivity index (χ0v) is 13.7. The number of benzene rings is 1. The van der Waals surface area contributed by atoms with E-state index in [0.29, 0.717) is 12.3 Å². The number of aliphatic hydroxyl groups is 1. The van der Waals surface area contributed by atoms with Gasteiger partial charge >= 0.3 is 6.03 Å². The molecule has 3 N–H and O–H groups in total. The molecule has 0 spiro atoms. The van der Waals surface area contributed by atoms with Crippen molar-refractivity contribution in [1.82, 2.24) is 10.6 Å². The van der Waals surface area contributed by atoms with Crippen molar-refractivity contribution < 1.29 is 9.90 Å². The third-order valence-corrected chi connectivity index (χ3v) is 5.36. The molecule has 1 heterocycles. The fourth-order valence-corrected chi connectivity index (χ4v) is 3.84. The summed E-state index contributed by atoms with van der Waals surface area (Å²) in [5, 5.41) is 15.9. The monoisotopic (exact) mass is 308 g/mol. The van der Waals surface area contributed by atoms with E-state index in [1.165, 1.54) is 11.1 Å². The molecule has 21 heavy (non-hydrogen) atoms. The van der Waals surface area contributed by atoms with E-state index < -0.39 is 5.60 Å². The van der Waals surface area contributed by atoms with Gasteiger partial charge in [0.15, 0.2) is 0 Å². The Kier molecular flexibility index (Phi) is 5.17. The van der Waals surface area contributed by atoms with Crippen LogP contribution in [0.15, 0.2) is 18.2 Å². The third-order valence-electron chi connectivity index (χ3n) is 4.12. The molecule has 4 nitrogen and oxygen atoms in total. The molecule has 0 aromatic heterocycles.